The fourth-order valence-corrected chi connectivity index (χ4v) is 5.38. The molecule has 2 aromatic rings. The van der Waals surface area contributed by atoms with Gasteiger partial charge in [-0.1, -0.05) is 15.9 Å². The number of fused-ring (bicyclic) bond motifs is 3. The van der Waals surface area contributed by atoms with Crippen molar-refractivity contribution in [2.24, 2.45) is 0 Å². The molecule has 6 nitrogen and oxygen atoms in total. The molecule has 0 bridgehead atoms. The molecule has 5 rings (SSSR count). The predicted octanol–water partition coefficient (Wildman–Crippen LogP) is 3.52. The molecule has 26 heavy (non-hydrogen) atoms. The van der Waals surface area contributed by atoms with Crippen LogP contribution in [0.3, 0.4) is 0 Å². The molecule has 3 heterocycles. The number of benzene rings is 1. The van der Waals surface area contributed by atoms with Gasteiger partial charge in [-0.25, -0.2) is 4.79 Å². The molecule has 1 aromatic heterocycles. The third-order valence-electron chi connectivity index (χ3n) is 5.21. The summed E-state index contributed by atoms with van der Waals surface area (Å²) in [4.78, 5) is 28.4. The van der Waals surface area contributed by atoms with Crippen molar-refractivity contribution in [1.82, 2.24) is 10.2 Å². The Balaban J connectivity index is 1.49. The fraction of sp³-hybridized carbons (Fsp3) is 0.333. The number of urea groups is 1. The highest BCUT2D eigenvalue weighted by Crippen LogP contribution is 2.43. The van der Waals surface area contributed by atoms with Crippen LogP contribution in [0.5, 0.6) is 11.5 Å². The molecule has 1 atom stereocenters. The zero-order valence-electron chi connectivity index (χ0n) is 13.7. The zero-order chi connectivity index (χ0) is 17.9. The summed E-state index contributed by atoms with van der Waals surface area (Å²) in [6.45, 7) is 0.363. The standard InChI is InChI=1S/C18H15BrN2O4S/c19-12-7-14-13(24-9-25-14)6-10(12)8-21-16(22)18(20-17(21)23)4-1-2-15-11(18)3-5-26-15/h3,5-7H,1-2,4,8-9H2,(H,20,23)/t18-/m0/s1. The second kappa shape index (κ2) is 5.72. The predicted molar refractivity (Wildman–Crippen MR) is 98.3 cm³/mol. The maximum absolute atomic E-state index is 13.3. The molecule has 2 aliphatic heterocycles. The smallest absolute Gasteiger partial charge is 0.325 e. The molecule has 1 aromatic carbocycles. The van der Waals surface area contributed by atoms with Gasteiger partial charge in [0.15, 0.2) is 11.5 Å². The van der Waals surface area contributed by atoms with E-state index in [1.807, 2.05) is 23.6 Å². The Hall–Kier alpha value is -2.06. The minimum absolute atomic E-state index is 0.175. The first kappa shape index (κ1) is 16.1. The molecule has 3 amide bonds. The molecule has 0 unspecified atom stereocenters. The van der Waals surface area contributed by atoms with Gasteiger partial charge in [0.2, 0.25) is 6.79 Å². The van der Waals surface area contributed by atoms with Crippen LogP contribution in [0, 0.1) is 0 Å². The monoisotopic (exact) mass is 434 g/mol. The molecule has 3 aliphatic rings. The molecule has 1 fully saturated rings. The summed E-state index contributed by atoms with van der Waals surface area (Å²) in [5, 5.41) is 4.97. The van der Waals surface area contributed by atoms with Crippen molar-refractivity contribution in [3.8, 4) is 11.5 Å². The maximum atomic E-state index is 13.3. The SMILES string of the molecule is O=C1N[C@]2(CCCc3sccc32)C(=O)N1Cc1cc2c(cc1Br)OCO2. The van der Waals surface area contributed by atoms with E-state index in [0.29, 0.717) is 17.9 Å². The number of hydrogen-bond donors (Lipinski definition) is 1. The number of amides is 3. The van der Waals surface area contributed by atoms with Gasteiger partial charge in [0, 0.05) is 14.9 Å². The van der Waals surface area contributed by atoms with Crippen LogP contribution in [0.25, 0.3) is 0 Å². The van der Waals surface area contributed by atoms with E-state index in [4.69, 9.17) is 9.47 Å². The molecule has 1 N–H and O–H groups in total. The third-order valence-corrected chi connectivity index (χ3v) is 6.93. The van der Waals surface area contributed by atoms with E-state index in [9.17, 15) is 9.59 Å². The van der Waals surface area contributed by atoms with E-state index in [-0.39, 0.29) is 25.3 Å². The van der Waals surface area contributed by atoms with E-state index >= 15 is 0 Å². The van der Waals surface area contributed by atoms with Crippen LogP contribution in [-0.4, -0.2) is 23.6 Å². The van der Waals surface area contributed by atoms with Gasteiger partial charge in [-0.2, -0.15) is 0 Å². The van der Waals surface area contributed by atoms with Gasteiger partial charge in [0.1, 0.15) is 5.54 Å². The van der Waals surface area contributed by atoms with E-state index in [1.165, 1.54) is 9.78 Å². The molecule has 1 saturated heterocycles. The van der Waals surface area contributed by atoms with Crippen LogP contribution in [0.1, 0.15) is 28.8 Å². The van der Waals surface area contributed by atoms with Crippen molar-refractivity contribution in [3.05, 3.63) is 44.1 Å². The summed E-state index contributed by atoms with van der Waals surface area (Å²) in [5.74, 6) is 1.11. The molecular formula is C18H15BrN2O4S. The largest absolute Gasteiger partial charge is 0.454 e. The lowest BCUT2D eigenvalue weighted by atomic mass is 9.80. The zero-order valence-corrected chi connectivity index (χ0v) is 16.1. The van der Waals surface area contributed by atoms with E-state index in [1.54, 1.807) is 11.3 Å². The number of halogens is 1. The normalized spacial score (nSPS) is 23.5. The Morgan fingerprint density at radius 3 is 2.92 bits per heavy atom. The summed E-state index contributed by atoms with van der Waals surface area (Å²) < 4.78 is 11.5. The number of carbonyl (C=O) groups is 2. The minimum Gasteiger partial charge on any atom is -0.454 e. The average Bonchev–Trinajstić information content (AvgIpc) is 3.32. The number of aryl methyl sites for hydroxylation is 1. The number of thiophene rings is 1. The summed E-state index contributed by atoms with van der Waals surface area (Å²) in [6, 6.07) is 5.24. The number of hydrogen-bond acceptors (Lipinski definition) is 5. The summed E-state index contributed by atoms with van der Waals surface area (Å²) in [7, 11) is 0. The van der Waals surface area contributed by atoms with Crippen LogP contribution >= 0.6 is 27.3 Å². The Morgan fingerprint density at radius 1 is 1.27 bits per heavy atom. The number of rotatable bonds is 2. The van der Waals surface area contributed by atoms with Crippen LogP contribution in [-0.2, 0) is 23.3 Å². The van der Waals surface area contributed by atoms with Gasteiger partial charge in [-0.15, -0.1) is 11.3 Å². The van der Waals surface area contributed by atoms with Crippen LogP contribution < -0.4 is 14.8 Å². The second-order valence-electron chi connectivity index (χ2n) is 6.63. The molecule has 0 saturated carbocycles. The molecular weight excluding hydrogens is 420 g/mol. The van der Waals surface area contributed by atoms with Gasteiger partial charge in [0.05, 0.1) is 6.54 Å². The number of nitrogens with one attached hydrogen (secondary N) is 1. The van der Waals surface area contributed by atoms with Crippen molar-refractivity contribution in [2.75, 3.05) is 6.79 Å². The van der Waals surface area contributed by atoms with Crippen molar-refractivity contribution < 1.29 is 19.1 Å². The van der Waals surface area contributed by atoms with Crippen LogP contribution in [0.4, 0.5) is 4.79 Å². The first-order valence-corrected chi connectivity index (χ1v) is 10.0. The van der Waals surface area contributed by atoms with E-state index < -0.39 is 5.54 Å². The summed E-state index contributed by atoms with van der Waals surface area (Å²) >= 11 is 5.15. The van der Waals surface area contributed by atoms with Crippen molar-refractivity contribution in [3.63, 3.8) is 0 Å². The lowest BCUT2D eigenvalue weighted by Gasteiger charge is -2.31. The highest BCUT2D eigenvalue weighted by Gasteiger charge is 2.54. The van der Waals surface area contributed by atoms with Crippen molar-refractivity contribution in [1.29, 1.82) is 0 Å². The first-order valence-electron chi connectivity index (χ1n) is 8.37. The molecule has 134 valence electrons. The van der Waals surface area contributed by atoms with Gasteiger partial charge in [-0.05, 0) is 48.4 Å². The van der Waals surface area contributed by atoms with E-state index in [2.05, 4.69) is 21.2 Å². The van der Waals surface area contributed by atoms with Gasteiger partial charge in [-0.3, -0.25) is 9.69 Å². The topological polar surface area (TPSA) is 67.9 Å². The number of carbonyl (C=O) groups excluding carboxylic acids is 2. The maximum Gasteiger partial charge on any atom is 0.325 e. The van der Waals surface area contributed by atoms with Gasteiger partial charge >= 0.3 is 6.03 Å². The Labute approximate surface area is 162 Å². The number of nitrogens with zero attached hydrogens (tertiary/aromatic N) is 1. The number of ether oxygens (including phenoxy) is 2. The highest BCUT2D eigenvalue weighted by atomic mass is 79.9. The molecule has 8 heteroatoms. The first-order chi connectivity index (χ1) is 12.6. The minimum atomic E-state index is -0.909. The Kier molecular flexibility index (Phi) is 3.55. The average molecular weight is 435 g/mol. The molecule has 1 spiro atoms. The van der Waals surface area contributed by atoms with Crippen LogP contribution in [0.15, 0.2) is 28.1 Å². The van der Waals surface area contributed by atoms with Gasteiger partial charge < -0.3 is 14.8 Å². The van der Waals surface area contributed by atoms with Gasteiger partial charge in [0.25, 0.3) is 5.91 Å². The van der Waals surface area contributed by atoms with Crippen LogP contribution in [0.2, 0.25) is 0 Å². The number of imide groups is 1. The van der Waals surface area contributed by atoms with Crippen molar-refractivity contribution >= 4 is 39.2 Å². The van der Waals surface area contributed by atoms with Crippen molar-refractivity contribution in [2.45, 2.75) is 31.3 Å². The lowest BCUT2D eigenvalue weighted by Crippen LogP contribution is -2.46. The Bertz CT molecular complexity index is 943. The quantitative estimate of drug-likeness (QED) is 0.734. The Morgan fingerprint density at radius 2 is 2.08 bits per heavy atom. The summed E-state index contributed by atoms with van der Waals surface area (Å²) in [6.07, 6.45) is 2.49. The second-order valence-corrected chi connectivity index (χ2v) is 8.49. The van der Waals surface area contributed by atoms with E-state index in [0.717, 1.165) is 28.4 Å². The highest BCUT2D eigenvalue weighted by molar-refractivity contribution is 9.10. The summed E-state index contributed by atoms with van der Waals surface area (Å²) in [5.41, 5.74) is 0.850. The molecule has 0 radical (unpaired) electrons. The fourth-order valence-electron chi connectivity index (χ4n) is 3.94. The lowest BCUT2D eigenvalue weighted by molar-refractivity contribution is -0.132. The molecule has 1 aliphatic carbocycles. The third kappa shape index (κ3) is 2.21.